The highest BCUT2D eigenvalue weighted by Gasteiger charge is 2.52. The molecule has 0 aliphatic carbocycles. The zero-order valence-corrected chi connectivity index (χ0v) is 30.4. The van der Waals surface area contributed by atoms with Crippen LogP contribution in [-0.2, 0) is 6.54 Å². The molecule has 326 valence electrons. The Balaban J connectivity index is 0.000000355. The monoisotopic (exact) mass is 923 g/mol. The van der Waals surface area contributed by atoms with Gasteiger partial charge in [-0.3, -0.25) is 4.79 Å². The number of ketones is 1. The molecule has 1 heterocycles. The van der Waals surface area contributed by atoms with Crippen LogP contribution in [0.1, 0.15) is 16.1 Å². The summed E-state index contributed by atoms with van der Waals surface area (Å²) in [5, 5.41) is 0. The molecule has 0 saturated carbocycles. The highest BCUT2D eigenvalue weighted by Crippen LogP contribution is 2.30. The number of thiol groups is 1. The number of nitrogens with zero attached hydrogens (tertiary/aromatic N) is 1. The van der Waals surface area contributed by atoms with Gasteiger partial charge in [-0.05, 0) is 6.07 Å². The number of hydrogen-bond donors (Lipinski definition) is 1. The van der Waals surface area contributed by atoms with Crippen LogP contribution in [0.15, 0.2) is 54.7 Å². The zero-order chi connectivity index (χ0) is 46.4. The number of carbonyl (C=O) groups is 1. The Hall–Kier alpha value is -6.07. The van der Waals surface area contributed by atoms with Crippen molar-refractivity contribution in [2.45, 2.75) is 6.54 Å². The molecule has 0 spiro atoms. The van der Waals surface area contributed by atoms with Gasteiger partial charge >= 0.3 is 0 Å². The highest BCUT2D eigenvalue weighted by atomic mass is 32.1. The molecule has 0 fully saturated rings. The maximum atomic E-state index is 15.4. The fraction of sp³-hybridized carbons (Fsp3) is 0.0526. The molecule has 0 unspecified atom stereocenters. The van der Waals surface area contributed by atoms with Gasteiger partial charge in [-0.25, -0.2) is 87.8 Å². The Morgan fingerprint density at radius 3 is 0.919 bits per heavy atom. The SMILES string of the molecule is Fc1c(F)c(F)c([B-](c2c(F)c(F)c(F)c(F)c2F)(c2c(F)c(F)c(F)c(F)c2F)c2c(F)c(F)c(F)c(F)c2F)c(F)c1F.O=C(CS)c1cccc[n+]1Cc1ccccc1. The number of pyridine rings is 1. The standard InChI is InChI=1S/C24BF20.C14H13NOS/c26-5-1(6(27)14(35)21(42)13(5)34)25(2-7(28)15(36)22(43)16(37)8(2)29,3-9(30)17(38)23(44)18(39)10(3)31)4-11(32)19(40)24(45)20(41)12(4)33;16-14(11-17)13-8-4-5-9-15(13)10-12-6-2-1-3-7-12/h;1-9H,10-11H2/q-1;/p+1. The average molecular weight is 923 g/mol. The minimum atomic E-state index is -7.22. The molecule has 1 aromatic heterocycles. The van der Waals surface area contributed by atoms with E-state index in [1.807, 2.05) is 47.2 Å². The molecular weight excluding hydrogens is 909 g/mol. The summed E-state index contributed by atoms with van der Waals surface area (Å²) in [4.78, 5) is 11.7. The fourth-order valence-corrected chi connectivity index (χ4v) is 6.76. The number of benzene rings is 5. The van der Waals surface area contributed by atoms with Gasteiger partial charge in [0.15, 0.2) is 82.5 Å². The van der Waals surface area contributed by atoms with Crippen LogP contribution in [0.3, 0.4) is 0 Å². The summed E-state index contributed by atoms with van der Waals surface area (Å²) in [5.74, 6) is -71.1. The van der Waals surface area contributed by atoms with E-state index in [1.54, 1.807) is 0 Å². The van der Waals surface area contributed by atoms with Crippen molar-refractivity contribution >= 4 is 46.4 Å². The van der Waals surface area contributed by atoms with E-state index in [-0.39, 0.29) is 11.5 Å². The molecule has 24 heteroatoms. The van der Waals surface area contributed by atoms with E-state index in [9.17, 15) is 57.5 Å². The lowest BCUT2D eigenvalue weighted by atomic mass is 9.12. The molecule has 0 bridgehead atoms. The van der Waals surface area contributed by atoms with Gasteiger partial charge in [0.1, 0.15) is 52.7 Å². The van der Waals surface area contributed by atoms with Gasteiger partial charge in [0, 0.05) is 17.7 Å². The number of carbonyl (C=O) groups excluding carboxylic acids is 1. The second kappa shape index (κ2) is 17.7. The van der Waals surface area contributed by atoms with Crippen LogP contribution in [0.25, 0.3) is 0 Å². The summed E-state index contributed by atoms with van der Waals surface area (Å²) >= 11 is 4.04. The van der Waals surface area contributed by atoms with E-state index >= 15 is 35.1 Å². The molecule has 6 rings (SSSR count). The third-order valence-electron chi connectivity index (χ3n) is 9.27. The first-order valence-electron chi connectivity index (χ1n) is 16.4. The predicted octanol–water partition coefficient (Wildman–Crippen LogP) is 7.98. The Labute approximate surface area is 338 Å². The van der Waals surface area contributed by atoms with Crippen molar-refractivity contribution in [3.63, 3.8) is 0 Å². The third kappa shape index (κ3) is 7.40. The molecule has 0 aliphatic heterocycles. The second-order valence-electron chi connectivity index (χ2n) is 12.6. The minimum absolute atomic E-state index is 0.0462. The van der Waals surface area contributed by atoms with E-state index in [2.05, 4.69) is 24.8 Å². The molecule has 0 aliphatic rings. The number of aromatic nitrogens is 1. The normalized spacial score (nSPS) is 11.5. The van der Waals surface area contributed by atoms with Crippen LogP contribution in [0, 0.1) is 116 Å². The molecule has 6 aromatic rings. The summed E-state index contributed by atoms with van der Waals surface area (Å²) in [7, 11) is 0. The van der Waals surface area contributed by atoms with E-state index in [0.717, 1.165) is 0 Å². The number of halogens is 20. The van der Waals surface area contributed by atoms with Crippen molar-refractivity contribution in [3.8, 4) is 0 Å². The van der Waals surface area contributed by atoms with Crippen molar-refractivity contribution in [1.82, 2.24) is 0 Å². The van der Waals surface area contributed by atoms with Gasteiger partial charge < -0.3 is 0 Å². The lowest BCUT2D eigenvalue weighted by molar-refractivity contribution is -0.690. The molecule has 0 amide bonds. The predicted molar refractivity (Wildman–Crippen MR) is 180 cm³/mol. The molecular formula is C38H14BF20NOS. The summed E-state index contributed by atoms with van der Waals surface area (Å²) in [6, 6.07) is 15.7. The smallest absolute Gasteiger partial charge is 0.249 e. The van der Waals surface area contributed by atoms with Gasteiger partial charge in [-0.1, -0.05) is 30.3 Å². The molecule has 2 nitrogen and oxygen atoms in total. The van der Waals surface area contributed by atoms with Crippen LogP contribution in [0.5, 0.6) is 0 Å². The van der Waals surface area contributed by atoms with Gasteiger partial charge in [0.05, 0.1) is 5.75 Å². The second-order valence-corrected chi connectivity index (χ2v) is 12.9. The Morgan fingerprint density at radius 2 is 0.645 bits per heavy atom. The van der Waals surface area contributed by atoms with E-state index in [0.29, 0.717) is 12.2 Å². The Kier molecular flexibility index (Phi) is 13.4. The first-order valence-corrected chi connectivity index (χ1v) is 17.0. The molecule has 0 saturated heterocycles. The third-order valence-corrected chi connectivity index (χ3v) is 9.56. The maximum Gasteiger partial charge on any atom is 0.249 e. The number of hydrogen-bond acceptors (Lipinski definition) is 2. The van der Waals surface area contributed by atoms with E-state index < -0.39 is 144 Å². The quantitative estimate of drug-likeness (QED) is 0.0313. The van der Waals surface area contributed by atoms with Gasteiger partial charge in [-0.15, -0.1) is 21.9 Å². The number of Topliss-reactive ketones (excluding diaryl/α,β-unsaturated/α-hetero) is 1. The maximum absolute atomic E-state index is 15.4. The zero-order valence-electron chi connectivity index (χ0n) is 29.5. The molecule has 0 atom stereocenters. The summed E-state index contributed by atoms with van der Waals surface area (Å²) in [6.07, 6.45) is -5.30. The molecule has 5 aromatic carbocycles. The van der Waals surface area contributed by atoms with Crippen molar-refractivity contribution < 1.29 is 97.2 Å². The lowest BCUT2D eigenvalue weighted by Gasteiger charge is -2.44. The van der Waals surface area contributed by atoms with Crippen LogP contribution in [0.2, 0.25) is 0 Å². The first kappa shape index (κ1) is 47.0. The molecule has 0 N–H and O–H groups in total. The first-order chi connectivity index (χ1) is 29.0. The van der Waals surface area contributed by atoms with Crippen LogP contribution >= 0.6 is 12.6 Å². The van der Waals surface area contributed by atoms with Gasteiger partial charge in [-0.2, -0.15) is 17.2 Å². The summed E-state index contributed by atoms with van der Waals surface area (Å²) in [6.45, 7) is 0.705. The fourth-order valence-electron chi connectivity index (χ4n) is 6.60. The van der Waals surface area contributed by atoms with Crippen molar-refractivity contribution in [2.24, 2.45) is 0 Å². The van der Waals surface area contributed by atoms with Crippen molar-refractivity contribution in [3.05, 3.63) is 182 Å². The van der Waals surface area contributed by atoms with Crippen LogP contribution in [-0.4, -0.2) is 17.7 Å². The minimum Gasteiger partial charge on any atom is -0.286 e. The summed E-state index contributed by atoms with van der Waals surface area (Å²) in [5.41, 5.74) is -12.5. The van der Waals surface area contributed by atoms with Crippen LogP contribution in [0.4, 0.5) is 87.8 Å². The van der Waals surface area contributed by atoms with Crippen LogP contribution < -0.4 is 26.4 Å². The number of rotatable bonds is 8. The Morgan fingerprint density at radius 1 is 0.387 bits per heavy atom. The molecule has 62 heavy (non-hydrogen) atoms. The van der Waals surface area contributed by atoms with Gasteiger partial charge in [0.25, 0.3) is 0 Å². The van der Waals surface area contributed by atoms with E-state index in [4.69, 9.17) is 0 Å². The van der Waals surface area contributed by atoms with Crippen molar-refractivity contribution in [2.75, 3.05) is 5.75 Å². The van der Waals surface area contributed by atoms with Gasteiger partial charge in [0.2, 0.25) is 11.5 Å². The van der Waals surface area contributed by atoms with Crippen molar-refractivity contribution in [1.29, 1.82) is 0 Å². The molecule has 0 radical (unpaired) electrons. The topological polar surface area (TPSA) is 20.9 Å². The largest absolute Gasteiger partial charge is 0.286 e. The summed E-state index contributed by atoms with van der Waals surface area (Å²) < 4.78 is 296. The highest BCUT2D eigenvalue weighted by molar-refractivity contribution is 7.81. The lowest BCUT2D eigenvalue weighted by Crippen LogP contribution is -2.81. The average Bonchev–Trinajstić information content (AvgIpc) is 3.26. The Bertz CT molecular complexity index is 2410. The van der Waals surface area contributed by atoms with E-state index in [1.165, 1.54) is 5.56 Å².